The number of aliphatic hydroxyl groups is 1. The predicted octanol–water partition coefficient (Wildman–Crippen LogP) is 1.31. The van der Waals surface area contributed by atoms with Gasteiger partial charge >= 0.3 is 0 Å². The smallest absolute Gasteiger partial charge is 0.115 e. The van der Waals surface area contributed by atoms with E-state index in [2.05, 4.69) is 9.97 Å². The first-order valence-electron chi connectivity index (χ1n) is 4.29. The molecule has 1 heterocycles. The summed E-state index contributed by atoms with van der Waals surface area (Å²) in [6.45, 7) is 0. The molecule has 0 bridgehead atoms. The van der Waals surface area contributed by atoms with Crippen LogP contribution < -0.4 is 0 Å². The van der Waals surface area contributed by atoms with E-state index >= 15 is 0 Å². The lowest BCUT2D eigenvalue weighted by atomic mass is 10.1. The van der Waals surface area contributed by atoms with E-state index in [1.807, 2.05) is 0 Å². The largest absolute Gasteiger partial charge is 0.388 e. The second-order valence-corrected chi connectivity index (χ2v) is 3.37. The number of aromatic nitrogens is 2. The first kappa shape index (κ1) is 7.68. The molecule has 1 aromatic heterocycles. The van der Waals surface area contributed by atoms with Crippen LogP contribution in [-0.4, -0.2) is 15.1 Å². The lowest BCUT2D eigenvalue weighted by Crippen LogP contribution is -1.99. The Morgan fingerprint density at radius 3 is 2.67 bits per heavy atom. The third-order valence-electron chi connectivity index (χ3n) is 2.22. The van der Waals surface area contributed by atoms with Gasteiger partial charge in [0.15, 0.2) is 0 Å². The highest BCUT2D eigenvalue weighted by Gasteiger charge is 2.25. The average molecular weight is 164 g/mol. The van der Waals surface area contributed by atoms with Gasteiger partial charge in [-0.2, -0.15) is 0 Å². The first-order chi connectivity index (χ1) is 5.86. The summed E-state index contributed by atoms with van der Waals surface area (Å²) in [6.07, 6.45) is 7.88. The molecule has 1 atom stereocenters. The molecule has 64 valence electrons. The summed E-state index contributed by atoms with van der Waals surface area (Å²) in [5.74, 6) is 0.736. The summed E-state index contributed by atoms with van der Waals surface area (Å²) < 4.78 is 0. The Morgan fingerprint density at radius 2 is 2.08 bits per heavy atom. The van der Waals surface area contributed by atoms with Crippen LogP contribution in [0.2, 0.25) is 0 Å². The van der Waals surface area contributed by atoms with Gasteiger partial charge < -0.3 is 5.11 Å². The van der Waals surface area contributed by atoms with Crippen LogP contribution in [-0.2, 0) is 0 Å². The van der Waals surface area contributed by atoms with E-state index in [0.29, 0.717) is 0 Å². The van der Waals surface area contributed by atoms with Crippen molar-refractivity contribution in [3.63, 3.8) is 0 Å². The first-order valence-corrected chi connectivity index (χ1v) is 4.29. The van der Waals surface area contributed by atoms with Crippen molar-refractivity contribution in [1.82, 2.24) is 9.97 Å². The Balaban J connectivity index is 1.98. The van der Waals surface area contributed by atoms with Crippen molar-refractivity contribution in [3.8, 4) is 0 Å². The molecule has 0 radical (unpaired) electrons. The van der Waals surface area contributed by atoms with Crippen LogP contribution in [0.5, 0.6) is 0 Å². The number of rotatable bonds is 3. The van der Waals surface area contributed by atoms with Crippen molar-refractivity contribution in [3.05, 3.63) is 24.3 Å². The molecule has 1 aliphatic carbocycles. The molecule has 0 spiro atoms. The summed E-state index contributed by atoms with van der Waals surface area (Å²) in [5, 5.41) is 9.65. The Bertz CT molecular complexity index is 246. The van der Waals surface area contributed by atoms with Gasteiger partial charge in [-0.1, -0.05) is 12.8 Å². The topological polar surface area (TPSA) is 46.0 Å². The van der Waals surface area contributed by atoms with Crippen molar-refractivity contribution >= 4 is 0 Å². The van der Waals surface area contributed by atoms with Crippen LogP contribution in [0.25, 0.3) is 0 Å². The van der Waals surface area contributed by atoms with Gasteiger partial charge in [0.2, 0.25) is 0 Å². The highest BCUT2D eigenvalue weighted by atomic mass is 16.3. The van der Waals surface area contributed by atoms with Crippen LogP contribution in [0.3, 0.4) is 0 Å². The predicted molar refractivity (Wildman–Crippen MR) is 44.3 cm³/mol. The molecule has 2 rings (SSSR count). The zero-order valence-corrected chi connectivity index (χ0v) is 6.85. The minimum atomic E-state index is -0.362. The summed E-state index contributed by atoms with van der Waals surface area (Å²) >= 11 is 0. The van der Waals surface area contributed by atoms with Gasteiger partial charge in [-0.25, -0.2) is 9.97 Å². The lowest BCUT2D eigenvalue weighted by molar-refractivity contribution is 0.159. The van der Waals surface area contributed by atoms with E-state index < -0.39 is 0 Å². The van der Waals surface area contributed by atoms with Crippen molar-refractivity contribution in [2.75, 3.05) is 0 Å². The van der Waals surface area contributed by atoms with Crippen LogP contribution >= 0.6 is 0 Å². The molecule has 1 aromatic rings. The maximum atomic E-state index is 9.65. The molecule has 0 aliphatic heterocycles. The maximum absolute atomic E-state index is 9.65. The second kappa shape index (κ2) is 3.19. The molecular formula is C9H12N2O. The SMILES string of the molecule is OC(CC1CC1)c1cncnc1. The quantitative estimate of drug-likeness (QED) is 0.732. The van der Waals surface area contributed by atoms with Crippen LogP contribution in [0.1, 0.15) is 30.9 Å². The fourth-order valence-electron chi connectivity index (χ4n) is 1.29. The highest BCUT2D eigenvalue weighted by molar-refractivity contribution is 5.07. The van der Waals surface area contributed by atoms with E-state index in [-0.39, 0.29) is 6.10 Å². The Morgan fingerprint density at radius 1 is 1.42 bits per heavy atom. The molecule has 3 nitrogen and oxygen atoms in total. The fraction of sp³-hybridized carbons (Fsp3) is 0.556. The summed E-state index contributed by atoms with van der Waals surface area (Å²) in [4.78, 5) is 7.72. The normalized spacial score (nSPS) is 19.1. The van der Waals surface area contributed by atoms with Crippen molar-refractivity contribution in [2.45, 2.75) is 25.4 Å². The summed E-state index contributed by atoms with van der Waals surface area (Å²) in [5.41, 5.74) is 0.837. The van der Waals surface area contributed by atoms with Crippen molar-refractivity contribution in [1.29, 1.82) is 0 Å². The van der Waals surface area contributed by atoms with Gasteiger partial charge in [-0.3, -0.25) is 0 Å². The van der Waals surface area contributed by atoms with Crippen molar-refractivity contribution in [2.24, 2.45) is 5.92 Å². The molecule has 0 amide bonds. The Hall–Kier alpha value is -0.960. The molecule has 1 aliphatic rings. The minimum Gasteiger partial charge on any atom is -0.388 e. The van der Waals surface area contributed by atoms with Gasteiger partial charge in [-0.15, -0.1) is 0 Å². The number of hydrogen-bond acceptors (Lipinski definition) is 3. The molecule has 12 heavy (non-hydrogen) atoms. The van der Waals surface area contributed by atoms with Crippen LogP contribution in [0, 0.1) is 5.92 Å². The summed E-state index contributed by atoms with van der Waals surface area (Å²) in [6, 6.07) is 0. The number of nitrogens with zero attached hydrogens (tertiary/aromatic N) is 2. The molecule has 1 unspecified atom stereocenters. The molecule has 1 fully saturated rings. The average Bonchev–Trinajstić information content (AvgIpc) is 2.90. The van der Waals surface area contributed by atoms with Crippen LogP contribution in [0.15, 0.2) is 18.7 Å². The molecule has 0 saturated heterocycles. The minimum absolute atomic E-state index is 0.362. The monoisotopic (exact) mass is 164 g/mol. The lowest BCUT2D eigenvalue weighted by Gasteiger charge is -2.07. The highest BCUT2D eigenvalue weighted by Crippen LogP contribution is 2.37. The third-order valence-corrected chi connectivity index (χ3v) is 2.22. The molecule has 3 heteroatoms. The summed E-state index contributed by atoms with van der Waals surface area (Å²) in [7, 11) is 0. The Kier molecular flexibility index (Phi) is 2.04. The van der Waals surface area contributed by atoms with Gasteiger partial charge in [-0.05, 0) is 12.3 Å². The molecule has 1 saturated carbocycles. The van der Waals surface area contributed by atoms with Gasteiger partial charge in [0.05, 0.1) is 6.10 Å². The maximum Gasteiger partial charge on any atom is 0.115 e. The number of aliphatic hydroxyl groups excluding tert-OH is 1. The van der Waals surface area contributed by atoms with Gasteiger partial charge in [0.1, 0.15) is 6.33 Å². The van der Waals surface area contributed by atoms with E-state index in [0.717, 1.165) is 17.9 Å². The number of hydrogen-bond donors (Lipinski definition) is 1. The van der Waals surface area contributed by atoms with Gasteiger partial charge in [0.25, 0.3) is 0 Å². The van der Waals surface area contributed by atoms with E-state index in [4.69, 9.17) is 0 Å². The Labute approximate surface area is 71.5 Å². The standard InChI is InChI=1S/C9H12N2O/c12-9(3-7-1-2-7)8-4-10-6-11-5-8/h4-7,9,12H,1-3H2. The zero-order chi connectivity index (χ0) is 8.39. The van der Waals surface area contributed by atoms with Crippen LogP contribution in [0.4, 0.5) is 0 Å². The van der Waals surface area contributed by atoms with E-state index in [9.17, 15) is 5.11 Å². The fourth-order valence-corrected chi connectivity index (χ4v) is 1.29. The molecule has 1 N–H and O–H groups in total. The zero-order valence-electron chi connectivity index (χ0n) is 6.85. The van der Waals surface area contributed by atoms with E-state index in [1.54, 1.807) is 12.4 Å². The van der Waals surface area contributed by atoms with Gasteiger partial charge in [0, 0.05) is 18.0 Å². The van der Waals surface area contributed by atoms with E-state index in [1.165, 1.54) is 19.2 Å². The molecular weight excluding hydrogens is 152 g/mol. The third kappa shape index (κ3) is 1.80. The second-order valence-electron chi connectivity index (χ2n) is 3.37. The molecule has 0 aromatic carbocycles. The van der Waals surface area contributed by atoms with Crippen molar-refractivity contribution < 1.29 is 5.11 Å².